The van der Waals surface area contributed by atoms with Crippen molar-refractivity contribution in [3.05, 3.63) is 221 Å². The molecule has 2 nitrogen and oxygen atoms in total. The molecule has 0 saturated heterocycles. The predicted molar refractivity (Wildman–Crippen MR) is 226 cm³/mol. The monoisotopic (exact) mass is 705 g/mol. The molecule has 1 spiro atoms. The van der Waals surface area contributed by atoms with Crippen LogP contribution in [0.5, 0.6) is 11.5 Å². The van der Waals surface area contributed by atoms with Crippen LogP contribution in [-0.2, 0) is 10.8 Å². The Morgan fingerprint density at radius 1 is 0.400 bits per heavy atom. The quantitative estimate of drug-likeness (QED) is 0.181. The van der Waals surface area contributed by atoms with Crippen LogP contribution >= 0.6 is 0 Å². The number of para-hydroxylation sites is 2. The second kappa shape index (κ2) is 11.7. The van der Waals surface area contributed by atoms with E-state index in [0.717, 1.165) is 28.6 Å². The van der Waals surface area contributed by atoms with Crippen LogP contribution in [0.1, 0.15) is 52.8 Å². The minimum atomic E-state index is -0.549. The van der Waals surface area contributed by atoms with Gasteiger partial charge in [0, 0.05) is 33.6 Å². The zero-order valence-electron chi connectivity index (χ0n) is 31.2. The lowest BCUT2D eigenvalue weighted by atomic mass is 9.66. The van der Waals surface area contributed by atoms with E-state index in [1.807, 2.05) is 0 Å². The maximum absolute atomic E-state index is 6.65. The predicted octanol–water partition coefficient (Wildman–Crippen LogP) is 13.9. The molecule has 11 rings (SSSR count). The Kier molecular flexibility index (Phi) is 6.76. The Morgan fingerprint density at radius 2 is 0.909 bits per heavy atom. The molecule has 262 valence electrons. The zero-order chi connectivity index (χ0) is 36.9. The maximum Gasteiger partial charge on any atom is 0.132 e. The minimum absolute atomic E-state index is 0.126. The van der Waals surface area contributed by atoms with E-state index in [0.29, 0.717) is 0 Å². The van der Waals surface area contributed by atoms with Gasteiger partial charge in [-0.25, -0.2) is 0 Å². The van der Waals surface area contributed by atoms with Gasteiger partial charge in [0.2, 0.25) is 0 Å². The Labute approximate surface area is 323 Å². The lowest BCUT2D eigenvalue weighted by molar-refractivity contribution is 0.436. The van der Waals surface area contributed by atoms with Gasteiger partial charge in [-0.15, -0.1) is 0 Å². The van der Waals surface area contributed by atoms with Gasteiger partial charge >= 0.3 is 0 Å². The summed E-state index contributed by atoms with van der Waals surface area (Å²) in [5, 5.41) is 0. The van der Waals surface area contributed by atoms with Crippen molar-refractivity contribution >= 4 is 17.1 Å². The molecule has 0 amide bonds. The van der Waals surface area contributed by atoms with E-state index in [2.05, 4.69) is 208 Å². The summed E-state index contributed by atoms with van der Waals surface area (Å²) in [4.78, 5) is 2.48. The average molecular weight is 706 g/mol. The van der Waals surface area contributed by atoms with Gasteiger partial charge in [0.1, 0.15) is 11.5 Å². The van der Waals surface area contributed by atoms with Crippen LogP contribution in [0, 0.1) is 6.92 Å². The van der Waals surface area contributed by atoms with Crippen LogP contribution in [0.3, 0.4) is 0 Å². The molecule has 0 radical (unpaired) electrons. The molecule has 0 atom stereocenters. The lowest BCUT2D eigenvalue weighted by Crippen LogP contribution is -2.32. The smallest absolute Gasteiger partial charge is 0.132 e. The van der Waals surface area contributed by atoms with Crippen molar-refractivity contribution in [2.75, 3.05) is 4.90 Å². The molecular weight excluding hydrogens is 667 g/mol. The van der Waals surface area contributed by atoms with Gasteiger partial charge in [0.15, 0.2) is 0 Å². The summed E-state index contributed by atoms with van der Waals surface area (Å²) < 4.78 is 6.65. The molecule has 8 aromatic carbocycles. The van der Waals surface area contributed by atoms with Gasteiger partial charge in [0.05, 0.1) is 5.41 Å². The highest BCUT2D eigenvalue weighted by Crippen LogP contribution is 2.63. The first-order valence-electron chi connectivity index (χ1n) is 19.3. The fraction of sp³-hybridized carbons (Fsp3) is 0.0943. The first-order chi connectivity index (χ1) is 26.9. The van der Waals surface area contributed by atoms with E-state index in [1.54, 1.807) is 0 Å². The molecule has 2 heteroatoms. The van der Waals surface area contributed by atoms with E-state index < -0.39 is 5.41 Å². The van der Waals surface area contributed by atoms with Crippen molar-refractivity contribution in [2.45, 2.75) is 31.6 Å². The normalized spacial score (nSPS) is 14.5. The minimum Gasteiger partial charge on any atom is -0.457 e. The highest BCUT2D eigenvalue weighted by Gasteiger charge is 2.51. The molecule has 0 fully saturated rings. The summed E-state index contributed by atoms with van der Waals surface area (Å²) in [7, 11) is 0. The van der Waals surface area contributed by atoms with E-state index >= 15 is 0 Å². The van der Waals surface area contributed by atoms with E-state index in [4.69, 9.17) is 4.74 Å². The van der Waals surface area contributed by atoms with Crippen LogP contribution in [0.2, 0.25) is 0 Å². The number of benzene rings is 8. The summed E-state index contributed by atoms with van der Waals surface area (Å²) >= 11 is 0. The fourth-order valence-electron chi connectivity index (χ4n) is 9.96. The maximum atomic E-state index is 6.65. The van der Waals surface area contributed by atoms with Crippen molar-refractivity contribution in [1.29, 1.82) is 0 Å². The molecule has 0 unspecified atom stereocenters. The second-order valence-electron chi connectivity index (χ2n) is 15.7. The standard InChI is InChI=1S/C53H39NO/c1-34-31-36(35-15-5-4-6-16-35)25-30-49(34)54(37-26-28-41-39-17-7-9-19-43(39)52(2,3)47(41)32-37)38-27-29-42-40-18-8-10-20-44(40)53(48(42)33-38)45-21-11-13-23-50(45)55-51-24-14-12-22-46(51)53/h4-33H,1-3H3. The number of nitrogens with zero attached hydrogens (tertiary/aromatic N) is 1. The first kappa shape index (κ1) is 31.8. The molecular formula is C53H39NO. The summed E-state index contributed by atoms with van der Waals surface area (Å²) in [5.74, 6) is 1.80. The zero-order valence-corrected chi connectivity index (χ0v) is 31.2. The highest BCUT2D eigenvalue weighted by molar-refractivity contribution is 5.92. The largest absolute Gasteiger partial charge is 0.457 e. The number of anilines is 3. The number of fused-ring (bicyclic) bond motifs is 12. The summed E-state index contributed by atoms with van der Waals surface area (Å²) in [5.41, 5.74) is 19.2. The van der Waals surface area contributed by atoms with Crippen LogP contribution in [-0.4, -0.2) is 0 Å². The van der Waals surface area contributed by atoms with Crippen molar-refractivity contribution in [3.63, 3.8) is 0 Å². The van der Waals surface area contributed by atoms with Crippen molar-refractivity contribution < 1.29 is 4.74 Å². The van der Waals surface area contributed by atoms with Gasteiger partial charge in [0.25, 0.3) is 0 Å². The first-order valence-corrected chi connectivity index (χ1v) is 19.3. The summed E-state index contributed by atoms with van der Waals surface area (Å²) in [6, 6.07) is 66.9. The number of hydrogen-bond acceptors (Lipinski definition) is 2. The Hall–Kier alpha value is -6.64. The molecule has 0 saturated carbocycles. The van der Waals surface area contributed by atoms with Gasteiger partial charge in [-0.2, -0.15) is 0 Å². The van der Waals surface area contributed by atoms with Gasteiger partial charge in [-0.05, 0) is 117 Å². The molecule has 1 heterocycles. The lowest BCUT2D eigenvalue weighted by Gasteiger charge is -2.39. The number of hydrogen-bond donors (Lipinski definition) is 0. The van der Waals surface area contributed by atoms with Gasteiger partial charge in [-0.1, -0.05) is 147 Å². The van der Waals surface area contributed by atoms with Gasteiger partial charge < -0.3 is 9.64 Å². The number of ether oxygens (including phenoxy) is 1. The molecule has 1 aliphatic heterocycles. The van der Waals surface area contributed by atoms with E-state index in [1.165, 1.54) is 72.3 Å². The highest BCUT2D eigenvalue weighted by atomic mass is 16.5. The Balaban J connectivity index is 1.17. The van der Waals surface area contributed by atoms with Crippen LogP contribution in [0.15, 0.2) is 182 Å². The second-order valence-corrected chi connectivity index (χ2v) is 15.7. The van der Waals surface area contributed by atoms with Gasteiger partial charge in [-0.3, -0.25) is 0 Å². The summed E-state index contributed by atoms with van der Waals surface area (Å²) in [6.07, 6.45) is 0. The van der Waals surface area contributed by atoms with Crippen molar-refractivity contribution in [2.24, 2.45) is 0 Å². The third kappa shape index (κ3) is 4.43. The number of rotatable bonds is 4. The van der Waals surface area contributed by atoms with Crippen molar-refractivity contribution in [1.82, 2.24) is 0 Å². The van der Waals surface area contributed by atoms with Crippen LogP contribution in [0.4, 0.5) is 17.1 Å². The topological polar surface area (TPSA) is 12.5 Å². The molecule has 0 N–H and O–H groups in total. The summed E-state index contributed by atoms with van der Waals surface area (Å²) in [6.45, 7) is 6.97. The average Bonchev–Trinajstić information content (AvgIpc) is 3.64. The fourth-order valence-corrected chi connectivity index (χ4v) is 9.96. The van der Waals surface area contributed by atoms with E-state index in [-0.39, 0.29) is 5.41 Å². The molecule has 55 heavy (non-hydrogen) atoms. The third-order valence-corrected chi connectivity index (χ3v) is 12.5. The third-order valence-electron chi connectivity index (χ3n) is 12.5. The molecule has 3 aliphatic rings. The SMILES string of the molecule is Cc1cc(-c2ccccc2)ccc1N(c1ccc2c(c1)C(C)(C)c1ccccc1-2)c1ccc2c(c1)C1(c3ccccc3Oc3ccccc31)c1ccccc1-2. The number of aryl methyl sites for hydroxylation is 1. The molecule has 2 aliphatic carbocycles. The van der Waals surface area contributed by atoms with E-state index in [9.17, 15) is 0 Å². The molecule has 8 aromatic rings. The van der Waals surface area contributed by atoms with Crippen LogP contribution < -0.4 is 9.64 Å². The molecule has 0 bridgehead atoms. The Bertz CT molecular complexity index is 2800. The van der Waals surface area contributed by atoms with Crippen LogP contribution in [0.25, 0.3) is 33.4 Å². The Morgan fingerprint density at radius 3 is 1.56 bits per heavy atom. The molecule has 0 aromatic heterocycles. The van der Waals surface area contributed by atoms with Crippen molar-refractivity contribution in [3.8, 4) is 44.9 Å².